The lowest BCUT2D eigenvalue weighted by Gasteiger charge is -2.29. The Labute approximate surface area is 115 Å². The summed E-state index contributed by atoms with van der Waals surface area (Å²) in [5.41, 5.74) is -0.0689. The first-order valence-electron chi connectivity index (χ1n) is 5.67. The minimum atomic E-state index is -0.376. The van der Waals surface area contributed by atoms with E-state index in [1.165, 1.54) is 11.5 Å². The van der Waals surface area contributed by atoms with E-state index in [0.717, 1.165) is 0 Å². The third-order valence-electron chi connectivity index (χ3n) is 3.16. The highest BCUT2D eigenvalue weighted by atomic mass is 35.5. The topological polar surface area (TPSA) is 55.1 Å². The lowest BCUT2D eigenvalue weighted by molar-refractivity contribution is 0.426. The van der Waals surface area contributed by atoms with E-state index >= 15 is 0 Å². The Morgan fingerprint density at radius 1 is 1.44 bits per heavy atom. The molecule has 0 aliphatic heterocycles. The summed E-state index contributed by atoms with van der Waals surface area (Å²) < 4.78 is 1.48. The zero-order valence-electron chi connectivity index (χ0n) is 10.1. The number of aromatic nitrogens is 2. The Kier molecular flexibility index (Phi) is 3.69. The quantitative estimate of drug-likeness (QED) is 0.637. The minimum absolute atomic E-state index is 0.217. The molecule has 0 saturated heterocycles. The molecule has 3 unspecified atom stereocenters. The average molecular weight is 289 g/mol. The molecule has 98 valence electrons. The van der Waals surface area contributed by atoms with Crippen molar-refractivity contribution in [3.63, 3.8) is 0 Å². The van der Waals surface area contributed by atoms with Crippen molar-refractivity contribution in [3.8, 4) is 5.88 Å². The molecule has 0 saturated carbocycles. The van der Waals surface area contributed by atoms with Gasteiger partial charge >= 0.3 is 0 Å². The van der Waals surface area contributed by atoms with Gasteiger partial charge in [0.25, 0.3) is 5.56 Å². The van der Waals surface area contributed by atoms with Crippen LogP contribution in [0.25, 0.3) is 0 Å². The van der Waals surface area contributed by atoms with E-state index in [4.69, 9.17) is 23.2 Å². The van der Waals surface area contributed by atoms with Gasteiger partial charge in [0.05, 0.1) is 22.4 Å². The number of hydrogen-bond donors (Lipinski definition) is 1. The molecule has 0 radical (unpaired) electrons. The zero-order chi connectivity index (χ0) is 13.4. The monoisotopic (exact) mass is 288 g/mol. The van der Waals surface area contributed by atoms with Crippen LogP contribution in [0.3, 0.4) is 0 Å². The maximum Gasteiger partial charge on any atom is 0.260 e. The van der Waals surface area contributed by atoms with Gasteiger partial charge in [-0.3, -0.25) is 9.36 Å². The summed E-state index contributed by atoms with van der Waals surface area (Å²) in [6.07, 6.45) is 4.46. The lowest BCUT2D eigenvalue weighted by Crippen LogP contribution is -2.37. The van der Waals surface area contributed by atoms with Gasteiger partial charge in [-0.2, -0.15) is 0 Å². The molecule has 4 nitrogen and oxygen atoms in total. The van der Waals surface area contributed by atoms with E-state index in [2.05, 4.69) is 4.98 Å². The van der Waals surface area contributed by atoms with Crippen LogP contribution in [0.5, 0.6) is 5.88 Å². The van der Waals surface area contributed by atoms with E-state index < -0.39 is 0 Å². The maximum atomic E-state index is 12.2. The molecule has 6 heteroatoms. The fourth-order valence-electron chi connectivity index (χ4n) is 2.09. The normalized spacial score (nSPS) is 27.4. The fraction of sp³-hybridized carbons (Fsp3) is 0.500. The van der Waals surface area contributed by atoms with E-state index in [9.17, 15) is 9.90 Å². The molecular formula is C12H14Cl2N2O2. The lowest BCUT2D eigenvalue weighted by atomic mass is 10.0. The number of nitrogens with zero attached hydrogens (tertiary/aromatic N) is 2. The van der Waals surface area contributed by atoms with E-state index in [0.29, 0.717) is 12.2 Å². The van der Waals surface area contributed by atoms with Crippen LogP contribution in [-0.4, -0.2) is 25.4 Å². The summed E-state index contributed by atoms with van der Waals surface area (Å²) in [6.45, 7) is 3.20. The van der Waals surface area contributed by atoms with Crippen LogP contribution in [0.15, 0.2) is 16.9 Å². The van der Waals surface area contributed by atoms with Crippen molar-refractivity contribution >= 4 is 23.2 Å². The van der Waals surface area contributed by atoms with E-state index in [-0.39, 0.29) is 33.8 Å². The van der Waals surface area contributed by atoms with Crippen LogP contribution < -0.4 is 5.56 Å². The molecule has 1 aliphatic rings. The Balaban J connectivity index is 2.58. The second-order valence-corrected chi connectivity index (χ2v) is 5.46. The first-order chi connectivity index (χ1) is 8.43. The molecule has 1 heterocycles. The van der Waals surface area contributed by atoms with Gasteiger partial charge in [0.2, 0.25) is 5.88 Å². The van der Waals surface area contributed by atoms with Gasteiger partial charge in [-0.05, 0) is 20.3 Å². The molecule has 3 atom stereocenters. The van der Waals surface area contributed by atoms with E-state index in [1.807, 2.05) is 12.2 Å². The van der Waals surface area contributed by atoms with Crippen molar-refractivity contribution in [2.24, 2.45) is 0 Å². The number of aryl methyl sites for hydroxylation is 1. The van der Waals surface area contributed by atoms with Crippen LogP contribution in [0, 0.1) is 13.8 Å². The Hall–Kier alpha value is -1.00. The molecule has 1 N–H and O–H groups in total. The molecule has 0 bridgehead atoms. The van der Waals surface area contributed by atoms with Crippen LogP contribution in [-0.2, 0) is 0 Å². The van der Waals surface area contributed by atoms with Crippen LogP contribution in [0.1, 0.15) is 23.9 Å². The van der Waals surface area contributed by atoms with Gasteiger partial charge in [0.15, 0.2) is 0 Å². The van der Waals surface area contributed by atoms with Crippen LogP contribution in [0.4, 0.5) is 0 Å². The predicted octanol–water partition coefficient (Wildman–Crippen LogP) is 2.28. The van der Waals surface area contributed by atoms with Gasteiger partial charge < -0.3 is 5.11 Å². The van der Waals surface area contributed by atoms with E-state index in [1.54, 1.807) is 6.92 Å². The molecular weight excluding hydrogens is 275 g/mol. The van der Waals surface area contributed by atoms with Gasteiger partial charge in [0, 0.05) is 0 Å². The van der Waals surface area contributed by atoms with Crippen LogP contribution in [0.2, 0.25) is 0 Å². The number of aromatic hydroxyl groups is 1. The Bertz CT molecular complexity index is 554. The molecule has 18 heavy (non-hydrogen) atoms. The second kappa shape index (κ2) is 4.94. The van der Waals surface area contributed by atoms with Gasteiger partial charge in [-0.15, -0.1) is 23.2 Å². The van der Waals surface area contributed by atoms with Crippen molar-refractivity contribution < 1.29 is 5.11 Å². The van der Waals surface area contributed by atoms with Gasteiger partial charge in [0.1, 0.15) is 5.82 Å². The van der Waals surface area contributed by atoms with Crippen molar-refractivity contribution in [2.45, 2.75) is 37.1 Å². The highest BCUT2D eigenvalue weighted by Crippen LogP contribution is 2.31. The second-order valence-electron chi connectivity index (χ2n) is 4.40. The summed E-state index contributed by atoms with van der Waals surface area (Å²) in [6, 6.07) is -0.331. The average Bonchev–Trinajstić information content (AvgIpc) is 2.32. The third-order valence-corrected chi connectivity index (χ3v) is 4.30. The smallest absolute Gasteiger partial charge is 0.260 e. The summed E-state index contributed by atoms with van der Waals surface area (Å²) >= 11 is 12.4. The molecule has 0 spiro atoms. The number of halogens is 2. The largest absolute Gasteiger partial charge is 0.493 e. The number of rotatable bonds is 1. The predicted molar refractivity (Wildman–Crippen MR) is 71.7 cm³/mol. The Morgan fingerprint density at radius 3 is 2.78 bits per heavy atom. The van der Waals surface area contributed by atoms with Gasteiger partial charge in [-0.1, -0.05) is 12.2 Å². The highest BCUT2D eigenvalue weighted by Gasteiger charge is 2.30. The first-order valence-corrected chi connectivity index (χ1v) is 6.54. The summed E-state index contributed by atoms with van der Waals surface area (Å²) in [7, 11) is 0. The molecule has 1 aromatic rings. The first kappa shape index (κ1) is 13.4. The number of alkyl halides is 2. The zero-order valence-corrected chi connectivity index (χ0v) is 11.6. The number of allylic oxidation sites excluding steroid dienone is 2. The van der Waals surface area contributed by atoms with Gasteiger partial charge in [-0.25, -0.2) is 4.98 Å². The molecule has 1 aromatic heterocycles. The summed E-state index contributed by atoms with van der Waals surface area (Å²) in [4.78, 5) is 16.1. The highest BCUT2D eigenvalue weighted by molar-refractivity contribution is 6.30. The van der Waals surface area contributed by atoms with Crippen molar-refractivity contribution in [3.05, 3.63) is 33.9 Å². The summed E-state index contributed by atoms with van der Waals surface area (Å²) in [5.74, 6) is 0.191. The maximum absolute atomic E-state index is 12.2. The van der Waals surface area contributed by atoms with Crippen molar-refractivity contribution in [2.75, 3.05) is 0 Å². The Morgan fingerprint density at radius 2 is 2.11 bits per heavy atom. The fourth-order valence-corrected chi connectivity index (χ4v) is 2.64. The standard InChI is InChI=1S/C12H14Cl2N2O2/c1-6-11(17)15-7(2)16(12(6)18)9-5-3-4-8(13)10(9)14/h3,5,8-10,17H,4H2,1-2H3. The number of hydrogen-bond acceptors (Lipinski definition) is 3. The molecule has 1 aliphatic carbocycles. The minimum Gasteiger partial charge on any atom is -0.493 e. The van der Waals surface area contributed by atoms with Crippen molar-refractivity contribution in [1.29, 1.82) is 0 Å². The molecule has 0 amide bonds. The third kappa shape index (κ3) is 2.15. The SMILES string of the molecule is Cc1c(O)nc(C)n(C2C=CCC(Cl)C2Cl)c1=O. The summed E-state index contributed by atoms with van der Waals surface area (Å²) in [5, 5.41) is 8.92. The van der Waals surface area contributed by atoms with Crippen molar-refractivity contribution in [1.82, 2.24) is 9.55 Å². The van der Waals surface area contributed by atoms with Crippen LogP contribution >= 0.6 is 23.2 Å². The molecule has 0 fully saturated rings. The molecule has 0 aromatic carbocycles. The molecule has 2 rings (SSSR count).